The predicted molar refractivity (Wildman–Crippen MR) is 87.2 cm³/mol. The van der Waals surface area contributed by atoms with Crippen LogP contribution in [0.1, 0.15) is 17.0 Å². The molecule has 0 saturated carbocycles. The predicted octanol–water partition coefficient (Wildman–Crippen LogP) is 3.29. The van der Waals surface area contributed by atoms with Gasteiger partial charge in [-0.3, -0.25) is 4.79 Å². The van der Waals surface area contributed by atoms with Crippen LogP contribution in [-0.4, -0.2) is 10.9 Å². The number of nitrogens with one attached hydrogen (secondary N) is 2. The van der Waals surface area contributed by atoms with Crippen LogP contribution in [0.4, 0.5) is 0 Å². The molecule has 2 N–H and O–H groups in total. The number of carbonyl (C=O) groups excluding carboxylic acids is 1. The first-order valence-corrected chi connectivity index (χ1v) is 7.18. The number of nitriles is 1. The van der Waals surface area contributed by atoms with Crippen molar-refractivity contribution in [1.82, 2.24) is 10.3 Å². The maximum atomic E-state index is 12.2. The minimum atomic E-state index is -0.423. The van der Waals surface area contributed by atoms with Crippen LogP contribution >= 0.6 is 0 Å². The third-order valence-corrected chi connectivity index (χ3v) is 3.60. The Hall–Kier alpha value is -3.26. The molecule has 0 fully saturated rings. The second kappa shape index (κ2) is 6.24. The Morgan fingerprint density at radius 2 is 2.17 bits per heavy atom. The highest BCUT2D eigenvalue weighted by molar-refractivity contribution is 6.04. The number of hydrogen-bond acceptors (Lipinski definition) is 3. The van der Waals surface area contributed by atoms with Gasteiger partial charge in [0.15, 0.2) is 0 Å². The van der Waals surface area contributed by atoms with E-state index in [1.807, 2.05) is 37.3 Å². The summed E-state index contributed by atoms with van der Waals surface area (Å²) in [5, 5.41) is 13.0. The van der Waals surface area contributed by atoms with E-state index in [9.17, 15) is 10.1 Å². The van der Waals surface area contributed by atoms with Gasteiger partial charge < -0.3 is 14.7 Å². The van der Waals surface area contributed by atoms with Crippen LogP contribution in [0.2, 0.25) is 0 Å². The van der Waals surface area contributed by atoms with Crippen molar-refractivity contribution in [2.24, 2.45) is 0 Å². The van der Waals surface area contributed by atoms with E-state index in [1.54, 1.807) is 18.2 Å². The largest absolute Gasteiger partial charge is 0.467 e. The quantitative estimate of drug-likeness (QED) is 0.573. The van der Waals surface area contributed by atoms with E-state index in [0.29, 0.717) is 5.76 Å². The second-order valence-corrected chi connectivity index (χ2v) is 5.14. The van der Waals surface area contributed by atoms with Gasteiger partial charge in [0.2, 0.25) is 0 Å². The molecule has 5 heteroatoms. The Kier molecular flexibility index (Phi) is 3.98. The van der Waals surface area contributed by atoms with Crippen molar-refractivity contribution in [3.63, 3.8) is 0 Å². The van der Waals surface area contributed by atoms with Crippen molar-refractivity contribution >= 4 is 22.9 Å². The number of para-hydroxylation sites is 1. The molecule has 1 amide bonds. The molecule has 2 heterocycles. The van der Waals surface area contributed by atoms with Crippen LogP contribution in [0, 0.1) is 18.3 Å². The fourth-order valence-electron chi connectivity index (χ4n) is 2.45. The summed E-state index contributed by atoms with van der Waals surface area (Å²) in [5.41, 5.74) is 2.80. The maximum absolute atomic E-state index is 12.2. The smallest absolute Gasteiger partial charge is 0.262 e. The normalized spacial score (nSPS) is 11.4. The van der Waals surface area contributed by atoms with Crippen molar-refractivity contribution in [2.75, 3.05) is 0 Å². The SMILES string of the molecule is Cc1[nH]c2ccccc2c1C=C(C#N)C(=O)NCc1ccco1. The van der Waals surface area contributed by atoms with Crippen LogP contribution < -0.4 is 5.32 Å². The summed E-state index contributed by atoms with van der Waals surface area (Å²) < 4.78 is 5.16. The molecule has 5 nitrogen and oxygen atoms in total. The van der Waals surface area contributed by atoms with Crippen molar-refractivity contribution in [3.8, 4) is 6.07 Å². The number of carbonyl (C=O) groups is 1. The minimum Gasteiger partial charge on any atom is -0.467 e. The minimum absolute atomic E-state index is 0.0596. The molecule has 0 saturated heterocycles. The van der Waals surface area contributed by atoms with Gasteiger partial charge in [-0.25, -0.2) is 0 Å². The maximum Gasteiger partial charge on any atom is 0.262 e. The van der Waals surface area contributed by atoms with Crippen LogP contribution in [-0.2, 0) is 11.3 Å². The number of aromatic nitrogens is 1. The first-order valence-electron chi connectivity index (χ1n) is 7.18. The molecule has 1 aromatic carbocycles. The number of aryl methyl sites for hydroxylation is 1. The zero-order chi connectivity index (χ0) is 16.2. The first-order chi connectivity index (χ1) is 11.2. The molecule has 0 aliphatic rings. The van der Waals surface area contributed by atoms with Crippen molar-refractivity contribution in [3.05, 3.63) is 65.3 Å². The van der Waals surface area contributed by atoms with E-state index in [0.717, 1.165) is 22.2 Å². The second-order valence-electron chi connectivity index (χ2n) is 5.14. The Balaban J connectivity index is 1.87. The van der Waals surface area contributed by atoms with Gasteiger partial charge in [0.25, 0.3) is 5.91 Å². The van der Waals surface area contributed by atoms with Crippen LogP contribution in [0.15, 0.2) is 52.7 Å². The number of hydrogen-bond donors (Lipinski definition) is 2. The summed E-state index contributed by atoms with van der Waals surface area (Å²) in [7, 11) is 0. The van der Waals surface area contributed by atoms with Gasteiger partial charge in [-0.1, -0.05) is 18.2 Å². The molecule has 3 rings (SSSR count). The van der Waals surface area contributed by atoms with Crippen molar-refractivity contribution in [1.29, 1.82) is 5.26 Å². The molecule has 0 aliphatic heterocycles. The van der Waals surface area contributed by atoms with Crippen LogP contribution in [0.5, 0.6) is 0 Å². The van der Waals surface area contributed by atoms with Gasteiger partial charge >= 0.3 is 0 Å². The average Bonchev–Trinajstić information content (AvgIpc) is 3.18. The molecule has 0 bridgehead atoms. The number of rotatable bonds is 4. The lowest BCUT2D eigenvalue weighted by atomic mass is 10.1. The van der Waals surface area contributed by atoms with E-state index in [4.69, 9.17) is 4.42 Å². The van der Waals surface area contributed by atoms with E-state index in [1.165, 1.54) is 6.26 Å². The van der Waals surface area contributed by atoms with Crippen molar-refractivity contribution < 1.29 is 9.21 Å². The van der Waals surface area contributed by atoms with E-state index in [2.05, 4.69) is 10.3 Å². The molecule has 23 heavy (non-hydrogen) atoms. The number of fused-ring (bicyclic) bond motifs is 1. The molecule has 0 unspecified atom stereocenters. The van der Waals surface area contributed by atoms with Gasteiger partial charge in [-0.15, -0.1) is 0 Å². The lowest BCUT2D eigenvalue weighted by Crippen LogP contribution is -2.23. The molecule has 0 atom stereocenters. The molecule has 114 valence electrons. The molecule has 3 aromatic rings. The number of H-pyrrole nitrogens is 1. The van der Waals surface area contributed by atoms with Gasteiger partial charge in [0, 0.05) is 22.2 Å². The molecule has 2 aromatic heterocycles. The van der Waals surface area contributed by atoms with E-state index < -0.39 is 5.91 Å². The van der Waals surface area contributed by atoms with E-state index in [-0.39, 0.29) is 12.1 Å². The lowest BCUT2D eigenvalue weighted by Gasteiger charge is -2.02. The van der Waals surface area contributed by atoms with Gasteiger partial charge in [0.05, 0.1) is 12.8 Å². The zero-order valence-corrected chi connectivity index (χ0v) is 12.6. The summed E-state index contributed by atoms with van der Waals surface area (Å²) in [4.78, 5) is 15.4. The van der Waals surface area contributed by atoms with Crippen LogP contribution in [0.25, 0.3) is 17.0 Å². The average molecular weight is 305 g/mol. The highest BCUT2D eigenvalue weighted by Gasteiger charge is 2.12. The third kappa shape index (κ3) is 3.01. The molecular formula is C18H15N3O2. The van der Waals surface area contributed by atoms with Gasteiger partial charge in [-0.05, 0) is 31.2 Å². The third-order valence-electron chi connectivity index (χ3n) is 3.60. The highest BCUT2D eigenvalue weighted by Crippen LogP contribution is 2.24. The summed E-state index contributed by atoms with van der Waals surface area (Å²) in [5.74, 6) is 0.215. The number of furan rings is 1. The summed E-state index contributed by atoms with van der Waals surface area (Å²) in [6.45, 7) is 2.17. The summed E-state index contributed by atoms with van der Waals surface area (Å²) >= 11 is 0. The molecule has 0 radical (unpaired) electrons. The summed E-state index contributed by atoms with van der Waals surface area (Å²) in [6.07, 6.45) is 3.16. The number of nitrogens with zero attached hydrogens (tertiary/aromatic N) is 1. The van der Waals surface area contributed by atoms with E-state index >= 15 is 0 Å². The molecule has 0 aliphatic carbocycles. The number of aromatic amines is 1. The Bertz CT molecular complexity index is 912. The van der Waals surface area contributed by atoms with Crippen molar-refractivity contribution in [2.45, 2.75) is 13.5 Å². The topological polar surface area (TPSA) is 81.8 Å². The fraction of sp³-hybridized carbons (Fsp3) is 0.111. The van der Waals surface area contributed by atoms with Gasteiger partial charge in [-0.2, -0.15) is 5.26 Å². The highest BCUT2D eigenvalue weighted by atomic mass is 16.3. The Labute approximate surface area is 133 Å². The molecular weight excluding hydrogens is 290 g/mol. The fourth-order valence-corrected chi connectivity index (χ4v) is 2.45. The molecule has 0 spiro atoms. The first kappa shape index (κ1) is 14.7. The zero-order valence-electron chi connectivity index (χ0n) is 12.6. The number of benzene rings is 1. The van der Waals surface area contributed by atoms with Gasteiger partial charge in [0.1, 0.15) is 17.4 Å². The number of amides is 1. The Morgan fingerprint density at radius 1 is 1.35 bits per heavy atom. The van der Waals surface area contributed by atoms with Crippen LogP contribution in [0.3, 0.4) is 0 Å². The summed E-state index contributed by atoms with van der Waals surface area (Å²) in [6, 6.07) is 13.3. The standard InChI is InChI=1S/C18H15N3O2/c1-12-16(15-6-2-3-7-17(15)21-12)9-13(10-19)18(22)20-11-14-5-4-8-23-14/h2-9,21H,11H2,1H3,(H,20,22). The lowest BCUT2D eigenvalue weighted by molar-refractivity contribution is -0.117. The monoisotopic (exact) mass is 305 g/mol. The Morgan fingerprint density at radius 3 is 2.91 bits per heavy atom.